The van der Waals surface area contributed by atoms with Crippen LogP contribution in [0, 0.1) is 11.8 Å². The van der Waals surface area contributed by atoms with E-state index in [0.29, 0.717) is 13.2 Å². The SMILES string of the molecule is CCCCCCCCCCOC(=O)C(NC(=O)OCC(C)C)C(C)C. The van der Waals surface area contributed by atoms with Gasteiger partial charge in [-0.05, 0) is 18.3 Å². The molecule has 0 aromatic carbocycles. The molecule has 5 nitrogen and oxygen atoms in total. The van der Waals surface area contributed by atoms with Gasteiger partial charge in [0.05, 0.1) is 13.2 Å². The van der Waals surface area contributed by atoms with Crippen LogP contribution in [0.5, 0.6) is 0 Å². The maximum Gasteiger partial charge on any atom is 0.407 e. The molecule has 148 valence electrons. The topological polar surface area (TPSA) is 64.6 Å². The zero-order valence-electron chi connectivity index (χ0n) is 16.9. The molecule has 0 bridgehead atoms. The molecule has 5 heteroatoms. The van der Waals surface area contributed by atoms with Gasteiger partial charge in [-0.2, -0.15) is 0 Å². The maximum atomic E-state index is 12.2. The fourth-order valence-electron chi connectivity index (χ4n) is 2.41. The summed E-state index contributed by atoms with van der Waals surface area (Å²) in [5.74, 6) is -0.158. The summed E-state index contributed by atoms with van der Waals surface area (Å²) in [6, 6.07) is -0.659. The Morgan fingerprint density at radius 1 is 0.840 bits per heavy atom. The van der Waals surface area contributed by atoms with Crippen LogP contribution < -0.4 is 5.32 Å². The Bertz CT molecular complexity index is 356. The molecule has 1 N–H and O–H groups in total. The Kier molecular flexibility index (Phi) is 14.3. The van der Waals surface area contributed by atoms with Crippen molar-refractivity contribution in [3.8, 4) is 0 Å². The van der Waals surface area contributed by atoms with E-state index in [0.717, 1.165) is 12.8 Å². The van der Waals surface area contributed by atoms with Gasteiger partial charge in [-0.25, -0.2) is 9.59 Å². The average molecular weight is 358 g/mol. The second kappa shape index (κ2) is 15.0. The number of hydrogen-bond acceptors (Lipinski definition) is 4. The molecule has 0 aliphatic rings. The number of alkyl carbamates (subject to hydrolysis) is 1. The first kappa shape index (κ1) is 23.7. The van der Waals surface area contributed by atoms with Crippen molar-refractivity contribution in [2.75, 3.05) is 13.2 Å². The van der Waals surface area contributed by atoms with Crippen molar-refractivity contribution in [2.24, 2.45) is 11.8 Å². The molecule has 1 amide bonds. The van der Waals surface area contributed by atoms with Gasteiger partial charge in [0.15, 0.2) is 0 Å². The zero-order valence-corrected chi connectivity index (χ0v) is 16.9. The van der Waals surface area contributed by atoms with E-state index in [1.54, 1.807) is 0 Å². The lowest BCUT2D eigenvalue weighted by molar-refractivity contribution is -0.147. The highest BCUT2D eigenvalue weighted by molar-refractivity contribution is 5.81. The highest BCUT2D eigenvalue weighted by Crippen LogP contribution is 2.09. The molecule has 0 aromatic heterocycles. The summed E-state index contributed by atoms with van der Waals surface area (Å²) in [6.07, 6.45) is 9.05. The minimum Gasteiger partial charge on any atom is -0.464 e. The van der Waals surface area contributed by atoms with Gasteiger partial charge in [0.25, 0.3) is 0 Å². The van der Waals surface area contributed by atoms with Crippen molar-refractivity contribution in [3.05, 3.63) is 0 Å². The standard InChI is InChI=1S/C20H39NO4/c1-6-7-8-9-10-11-12-13-14-24-19(22)18(17(4)5)21-20(23)25-15-16(2)3/h16-18H,6-15H2,1-5H3,(H,21,23). The fraction of sp³-hybridized carbons (Fsp3) is 0.900. The van der Waals surface area contributed by atoms with E-state index in [1.165, 1.54) is 38.5 Å². The number of hydrogen-bond donors (Lipinski definition) is 1. The number of nitrogens with one attached hydrogen (secondary N) is 1. The zero-order chi connectivity index (χ0) is 19.1. The van der Waals surface area contributed by atoms with Crippen molar-refractivity contribution in [3.63, 3.8) is 0 Å². The molecule has 1 atom stereocenters. The third kappa shape index (κ3) is 13.7. The molecule has 0 aliphatic heterocycles. The second-order valence-corrected chi connectivity index (χ2v) is 7.50. The highest BCUT2D eigenvalue weighted by atomic mass is 16.6. The number of esters is 1. The summed E-state index contributed by atoms with van der Waals surface area (Å²) in [5, 5.41) is 2.62. The van der Waals surface area contributed by atoms with Crippen molar-refractivity contribution < 1.29 is 19.1 Å². The molecule has 0 spiro atoms. The van der Waals surface area contributed by atoms with Crippen LogP contribution in [0.25, 0.3) is 0 Å². The predicted octanol–water partition coefficient (Wildman–Crippen LogP) is 5.08. The number of ether oxygens (including phenoxy) is 2. The first-order valence-electron chi connectivity index (χ1n) is 9.98. The number of carbonyl (C=O) groups is 2. The first-order chi connectivity index (χ1) is 11.9. The monoisotopic (exact) mass is 357 g/mol. The Morgan fingerprint density at radius 3 is 1.92 bits per heavy atom. The van der Waals surface area contributed by atoms with Crippen molar-refractivity contribution in [1.29, 1.82) is 0 Å². The summed E-state index contributed by atoms with van der Waals surface area (Å²) >= 11 is 0. The lowest BCUT2D eigenvalue weighted by Crippen LogP contribution is -2.45. The van der Waals surface area contributed by atoms with Crippen LogP contribution in [0.2, 0.25) is 0 Å². The number of rotatable bonds is 14. The van der Waals surface area contributed by atoms with Crippen molar-refractivity contribution in [2.45, 2.75) is 92.0 Å². The number of carbonyl (C=O) groups excluding carboxylic acids is 2. The molecule has 0 heterocycles. The molecule has 0 rings (SSSR count). The quantitative estimate of drug-likeness (QED) is 0.348. The van der Waals surface area contributed by atoms with Gasteiger partial charge in [-0.15, -0.1) is 0 Å². The number of unbranched alkanes of at least 4 members (excludes halogenated alkanes) is 7. The summed E-state index contributed by atoms with van der Waals surface area (Å²) in [5.41, 5.74) is 0. The van der Waals surface area contributed by atoms with Crippen molar-refractivity contribution in [1.82, 2.24) is 5.32 Å². The van der Waals surface area contributed by atoms with Gasteiger partial charge in [0.2, 0.25) is 0 Å². The minimum atomic E-state index is -0.659. The molecule has 0 saturated carbocycles. The summed E-state index contributed by atoms with van der Waals surface area (Å²) in [6.45, 7) is 10.7. The minimum absolute atomic E-state index is 0.0438. The van der Waals surface area contributed by atoms with E-state index in [1.807, 2.05) is 27.7 Å². The van der Waals surface area contributed by atoms with E-state index in [4.69, 9.17) is 9.47 Å². The molecule has 0 aliphatic carbocycles. The molecular formula is C20H39NO4. The molecule has 0 aromatic rings. The van der Waals surface area contributed by atoms with Crippen LogP contribution in [-0.4, -0.2) is 31.3 Å². The van der Waals surface area contributed by atoms with Crippen LogP contribution in [-0.2, 0) is 14.3 Å². The van der Waals surface area contributed by atoms with E-state index in [2.05, 4.69) is 12.2 Å². The maximum absolute atomic E-state index is 12.2. The van der Waals surface area contributed by atoms with Gasteiger partial charge < -0.3 is 14.8 Å². The van der Waals surface area contributed by atoms with Crippen LogP contribution in [0.4, 0.5) is 4.79 Å². The second-order valence-electron chi connectivity index (χ2n) is 7.50. The fourth-order valence-corrected chi connectivity index (χ4v) is 2.41. The smallest absolute Gasteiger partial charge is 0.407 e. The van der Waals surface area contributed by atoms with Crippen LogP contribution >= 0.6 is 0 Å². The van der Waals surface area contributed by atoms with Gasteiger partial charge in [-0.3, -0.25) is 0 Å². The first-order valence-corrected chi connectivity index (χ1v) is 9.98. The van der Waals surface area contributed by atoms with Crippen molar-refractivity contribution >= 4 is 12.1 Å². The molecule has 0 saturated heterocycles. The molecule has 0 fully saturated rings. The third-order valence-corrected chi connectivity index (χ3v) is 3.98. The van der Waals surface area contributed by atoms with Gasteiger partial charge in [0.1, 0.15) is 6.04 Å². The normalized spacial score (nSPS) is 12.3. The average Bonchev–Trinajstić information content (AvgIpc) is 2.55. The summed E-state index contributed by atoms with van der Waals surface area (Å²) < 4.78 is 10.4. The van der Waals surface area contributed by atoms with Gasteiger partial charge in [-0.1, -0.05) is 79.6 Å². The third-order valence-electron chi connectivity index (χ3n) is 3.98. The van der Waals surface area contributed by atoms with E-state index < -0.39 is 12.1 Å². The number of amides is 1. The van der Waals surface area contributed by atoms with E-state index in [9.17, 15) is 9.59 Å². The Balaban J connectivity index is 3.92. The van der Waals surface area contributed by atoms with Gasteiger partial charge >= 0.3 is 12.1 Å². The van der Waals surface area contributed by atoms with Crippen LogP contribution in [0.3, 0.4) is 0 Å². The lowest BCUT2D eigenvalue weighted by Gasteiger charge is -2.21. The highest BCUT2D eigenvalue weighted by Gasteiger charge is 2.26. The molecule has 25 heavy (non-hydrogen) atoms. The van der Waals surface area contributed by atoms with E-state index in [-0.39, 0.29) is 17.8 Å². The van der Waals surface area contributed by atoms with E-state index >= 15 is 0 Å². The Morgan fingerprint density at radius 2 is 1.40 bits per heavy atom. The Hall–Kier alpha value is -1.26. The molecular weight excluding hydrogens is 318 g/mol. The molecule has 1 unspecified atom stereocenters. The van der Waals surface area contributed by atoms with Crippen LogP contribution in [0.1, 0.15) is 86.0 Å². The largest absolute Gasteiger partial charge is 0.464 e. The summed E-state index contributed by atoms with van der Waals surface area (Å²) in [7, 11) is 0. The van der Waals surface area contributed by atoms with Crippen LogP contribution in [0.15, 0.2) is 0 Å². The predicted molar refractivity (Wildman–Crippen MR) is 102 cm³/mol. The lowest BCUT2D eigenvalue weighted by atomic mass is 10.1. The summed E-state index contributed by atoms with van der Waals surface area (Å²) in [4.78, 5) is 23.9. The molecule has 0 radical (unpaired) electrons. The Labute approximate surface area is 154 Å². The van der Waals surface area contributed by atoms with Gasteiger partial charge in [0, 0.05) is 0 Å².